The number of likely N-dealkylation sites (N-methyl/N-ethyl adjacent to an activating group) is 1. The molecule has 174 valence electrons. The highest BCUT2D eigenvalue weighted by Crippen LogP contribution is 2.36. The van der Waals surface area contributed by atoms with Crippen LogP contribution in [-0.4, -0.2) is 69.8 Å². The number of aryl methyl sites for hydroxylation is 1. The third-order valence-electron chi connectivity index (χ3n) is 5.85. The first kappa shape index (κ1) is 22.7. The van der Waals surface area contributed by atoms with Crippen LogP contribution in [0.3, 0.4) is 0 Å². The molecule has 0 radical (unpaired) electrons. The fraction of sp³-hybridized carbons (Fsp3) is 0.360. The van der Waals surface area contributed by atoms with Gasteiger partial charge in [0, 0.05) is 31.7 Å². The summed E-state index contributed by atoms with van der Waals surface area (Å²) in [5, 5.41) is 0.395. The van der Waals surface area contributed by atoms with Gasteiger partial charge in [-0.05, 0) is 49.9 Å². The van der Waals surface area contributed by atoms with Crippen LogP contribution in [0.4, 0.5) is 0 Å². The lowest BCUT2D eigenvalue weighted by atomic mass is 10.1. The van der Waals surface area contributed by atoms with Gasteiger partial charge in [-0.3, -0.25) is 9.59 Å². The first-order valence-corrected chi connectivity index (χ1v) is 10.8. The van der Waals surface area contributed by atoms with Gasteiger partial charge in [0.1, 0.15) is 5.58 Å². The molecule has 1 saturated heterocycles. The van der Waals surface area contributed by atoms with Crippen LogP contribution in [0.1, 0.15) is 5.56 Å². The Bertz CT molecular complexity index is 1230. The number of amides is 1. The van der Waals surface area contributed by atoms with E-state index in [9.17, 15) is 9.59 Å². The van der Waals surface area contributed by atoms with Crippen LogP contribution in [0.15, 0.2) is 45.6 Å². The van der Waals surface area contributed by atoms with Gasteiger partial charge < -0.3 is 28.4 Å². The van der Waals surface area contributed by atoms with Crippen LogP contribution in [0.5, 0.6) is 17.2 Å². The quantitative estimate of drug-likeness (QED) is 0.569. The van der Waals surface area contributed by atoms with Gasteiger partial charge in [-0.1, -0.05) is 6.07 Å². The van der Waals surface area contributed by atoms with Crippen molar-refractivity contribution < 1.29 is 23.4 Å². The van der Waals surface area contributed by atoms with Gasteiger partial charge in [0.05, 0.1) is 19.6 Å². The number of ether oxygens (including phenoxy) is 3. The molecular formula is C25H28N2O6. The Labute approximate surface area is 192 Å². The number of piperazine rings is 1. The topological polar surface area (TPSA) is 81.5 Å². The summed E-state index contributed by atoms with van der Waals surface area (Å²) in [6.45, 7) is 4.56. The lowest BCUT2D eigenvalue weighted by Crippen LogP contribution is -2.48. The third kappa shape index (κ3) is 4.66. The van der Waals surface area contributed by atoms with Crippen LogP contribution < -0.4 is 19.6 Å². The summed E-state index contributed by atoms with van der Waals surface area (Å²) < 4.78 is 22.7. The van der Waals surface area contributed by atoms with Crippen molar-refractivity contribution in [3.63, 3.8) is 0 Å². The predicted octanol–water partition coefficient (Wildman–Crippen LogP) is 2.94. The summed E-state index contributed by atoms with van der Waals surface area (Å²) in [5.74, 6) is 1.12. The second kappa shape index (κ2) is 9.54. The maximum Gasteiger partial charge on any atom is 0.260 e. The molecule has 0 bridgehead atoms. The average Bonchev–Trinajstić information content (AvgIpc) is 2.82. The average molecular weight is 453 g/mol. The second-order valence-electron chi connectivity index (χ2n) is 8.13. The van der Waals surface area contributed by atoms with Crippen LogP contribution in [0.25, 0.3) is 22.3 Å². The van der Waals surface area contributed by atoms with E-state index >= 15 is 0 Å². The minimum Gasteiger partial charge on any atom is -0.493 e. The number of fused-ring (bicyclic) bond motifs is 1. The van der Waals surface area contributed by atoms with Crippen molar-refractivity contribution in [1.29, 1.82) is 0 Å². The molecule has 0 unspecified atom stereocenters. The normalized spacial score (nSPS) is 14.4. The molecule has 2 aromatic carbocycles. The van der Waals surface area contributed by atoms with Crippen LogP contribution in [0.2, 0.25) is 0 Å². The summed E-state index contributed by atoms with van der Waals surface area (Å²) in [6.07, 6.45) is 0. The molecule has 0 aliphatic carbocycles. The minimum atomic E-state index is -0.327. The van der Waals surface area contributed by atoms with Crippen molar-refractivity contribution in [1.82, 2.24) is 9.80 Å². The summed E-state index contributed by atoms with van der Waals surface area (Å²) in [4.78, 5) is 30.0. The van der Waals surface area contributed by atoms with Gasteiger partial charge in [0.25, 0.3) is 5.91 Å². The first-order valence-electron chi connectivity index (χ1n) is 10.8. The smallest absolute Gasteiger partial charge is 0.260 e. The van der Waals surface area contributed by atoms with Gasteiger partial charge in [-0.2, -0.15) is 0 Å². The molecule has 3 aromatic rings. The fourth-order valence-electron chi connectivity index (χ4n) is 3.86. The maximum atomic E-state index is 13.4. The van der Waals surface area contributed by atoms with Crippen molar-refractivity contribution in [2.75, 3.05) is 54.1 Å². The van der Waals surface area contributed by atoms with E-state index in [0.717, 1.165) is 18.7 Å². The van der Waals surface area contributed by atoms with Gasteiger partial charge in [-0.15, -0.1) is 0 Å². The van der Waals surface area contributed by atoms with E-state index in [1.807, 2.05) is 20.0 Å². The van der Waals surface area contributed by atoms with Crippen molar-refractivity contribution in [2.24, 2.45) is 0 Å². The Hall–Kier alpha value is -3.52. The molecule has 1 aliphatic heterocycles. The van der Waals surface area contributed by atoms with Crippen LogP contribution in [-0.2, 0) is 4.79 Å². The molecule has 1 aromatic heterocycles. The van der Waals surface area contributed by atoms with Crippen LogP contribution >= 0.6 is 0 Å². The molecule has 8 heteroatoms. The number of nitrogens with zero attached hydrogens (tertiary/aromatic N) is 2. The number of rotatable bonds is 6. The first-order chi connectivity index (χ1) is 15.9. The van der Waals surface area contributed by atoms with E-state index in [2.05, 4.69) is 4.90 Å². The van der Waals surface area contributed by atoms with Gasteiger partial charge in [-0.25, -0.2) is 0 Å². The monoisotopic (exact) mass is 452 g/mol. The third-order valence-corrected chi connectivity index (χ3v) is 5.85. The number of carbonyl (C=O) groups excluding carboxylic acids is 1. The summed E-state index contributed by atoms with van der Waals surface area (Å²) in [5.41, 5.74) is 1.66. The summed E-state index contributed by atoms with van der Waals surface area (Å²) in [7, 11) is 5.11. The lowest BCUT2D eigenvalue weighted by Gasteiger charge is -2.32. The number of benzene rings is 2. The molecule has 2 heterocycles. The fourth-order valence-corrected chi connectivity index (χ4v) is 3.86. The van der Waals surface area contributed by atoms with E-state index in [1.54, 1.807) is 42.3 Å². The van der Waals surface area contributed by atoms with E-state index in [4.69, 9.17) is 18.6 Å². The number of methoxy groups -OCH3 is 2. The zero-order valence-corrected chi connectivity index (χ0v) is 19.3. The van der Waals surface area contributed by atoms with Crippen LogP contribution in [0, 0.1) is 6.92 Å². The molecular weight excluding hydrogens is 424 g/mol. The number of hydrogen-bond donors (Lipinski definition) is 0. The molecule has 0 spiro atoms. The lowest BCUT2D eigenvalue weighted by molar-refractivity contribution is -0.134. The highest BCUT2D eigenvalue weighted by Gasteiger charge is 2.23. The largest absolute Gasteiger partial charge is 0.493 e. The Morgan fingerprint density at radius 1 is 1.00 bits per heavy atom. The molecule has 1 fully saturated rings. The highest BCUT2D eigenvalue weighted by atomic mass is 16.5. The zero-order valence-electron chi connectivity index (χ0n) is 19.3. The van der Waals surface area contributed by atoms with Crippen molar-refractivity contribution in [3.8, 4) is 28.6 Å². The molecule has 0 saturated carbocycles. The molecule has 0 N–H and O–H groups in total. The van der Waals surface area contributed by atoms with E-state index in [-0.39, 0.29) is 29.5 Å². The Kier molecular flexibility index (Phi) is 6.55. The highest BCUT2D eigenvalue weighted by molar-refractivity contribution is 5.83. The van der Waals surface area contributed by atoms with E-state index < -0.39 is 0 Å². The Balaban J connectivity index is 1.74. The summed E-state index contributed by atoms with van der Waals surface area (Å²) in [6, 6.07) is 10.6. The van der Waals surface area contributed by atoms with Gasteiger partial charge in [0.15, 0.2) is 23.9 Å². The molecule has 1 aliphatic rings. The second-order valence-corrected chi connectivity index (χ2v) is 8.13. The maximum absolute atomic E-state index is 13.4. The molecule has 0 atom stereocenters. The molecule has 8 nitrogen and oxygen atoms in total. The Morgan fingerprint density at radius 3 is 2.42 bits per heavy atom. The minimum absolute atomic E-state index is 0.000973. The predicted molar refractivity (Wildman–Crippen MR) is 125 cm³/mol. The van der Waals surface area contributed by atoms with Gasteiger partial charge >= 0.3 is 0 Å². The van der Waals surface area contributed by atoms with Crippen molar-refractivity contribution in [2.45, 2.75) is 6.92 Å². The molecule has 1 amide bonds. The number of hydrogen-bond acceptors (Lipinski definition) is 7. The van der Waals surface area contributed by atoms with Crippen molar-refractivity contribution in [3.05, 3.63) is 52.2 Å². The summed E-state index contributed by atoms with van der Waals surface area (Å²) >= 11 is 0. The van der Waals surface area contributed by atoms with E-state index in [0.29, 0.717) is 41.1 Å². The zero-order chi connectivity index (χ0) is 23.5. The molecule has 33 heavy (non-hydrogen) atoms. The van der Waals surface area contributed by atoms with Gasteiger partial charge in [0.2, 0.25) is 11.2 Å². The standard InChI is InChI=1S/C25H28N2O6/c1-16-5-7-18-20(13-16)33-24(17-6-8-19(30-3)21(14-17)31-4)25(23(18)29)32-15-22(28)27-11-9-26(2)10-12-27/h5-8,13-14H,9-12,15H2,1-4H3. The SMILES string of the molecule is COc1ccc(-c2oc3cc(C)ccc3c(=O)c2OCC(=O)N2CCN(C)CC2)cc1OC. The van der Waals surface area contributed by atoms with Crippen molar-refractivity contribution >= 4 is 16.9 Å². The molecule has 4 rings (SSSR count). The Morgan fingerprint density at radius 2 is 1.73 bits per heavy atom. The van der Waals surface area contributed by atoms with E-state index in [1.165, 1.54) is 7.11 Å². The number of carbonyl (C=O) groups is 1.